The molecule has 240 valence electrons. The molecule has 2 unspecified atom stereocenters. The second-order valence-electron chi connectivity index (χ2n) is 12.1. The summed E-state index contributed by atoms with van der Waals surface area (Å²) in [6.07, 6.45) is 0.431. The zero-order valence-corrected chi connectivity index (χ0v) is 25.8. The molecule has 10 nitrogen and oxygen atoms in total. The Kier molecular flexibility index (Phi) is 9.57. The number of halogens is 4. The van der Waals surface area contributed by atoms with Crippen molar-refractivity contribution >= 4 is 45.0 Å². The molecule has 4 N–H and O–H groups in total. The topological polar surface area (TPSA) is 151 Å². The third kappa shape index (κ3) is 7.29. The van der Waals surface area contributed by atoms with E-state index in [9.17, 15) is 41.1 Å². The Hall–Kier alpha value is -3.36. The zero-order valence-electron chi connectivity index (χ0n) is 24.2. The largest absolute Gasteiger partial charge is 0.444 e. The van der Waals surface area contributed by atoms with Crippen molar-refractivity contribution in [1.82, 2.24) is 10.6 Å². The van der Waals surface area contributed by atoms with E-state index in [0.29, 0.717) is 25.0 Å². The number of anilines is 1. The maximum absolute atomic E-state index is 13.8. The van der Waals surface area contributed by atoms with Crippen LogP contribution in [0.1, 0.15) is 56.8 Å². The van der Waals surface area contributed by atoms with E-state index in [1.54, 1.807) is 20.8 Å². The lowest BCUT2D eigenvalue weighted by molar-refractivity contribution is -0.123. The summed E-state index contributed by atoms with van der Waals surface area (Å²) in [6.45, 7) is 4.53. The fraction of sp³-hybridized carbons (Fsp3) is 0.483. The summed E-state index contributed by atoms with van der Waals surface area (Å²) in [5.41, 5.74) is -2.64. The average molecular weight is 660 g/mol. The first-order chi connectivity index (χ1) is 20.4. The number of carbonyl (C=O) groups excluding carboxylic acids is 3. The minimum atomic E-state index is -4.12. The van der Waals surface area contributed by atoms with E-state index >= 15 is 0 Å². The average Bonchev–Trinajstić information content (AvgIpc) is 3.08. The molecule has 3 amide bonds. The molecule has 0 heterocycles. The van der Waals surface area contributed by atoms with Crippen LogP contribution in [-0.4, -0.2) is 61.0 Å². The number of fused-ring (bicyclic) bond motifs is 2. The van der Waals surface area contributed by atoms with Crippen molar-refractivity contribution in [2.75, 3.05) is 18.4 Å². The highest BCUT2D eigenvalue weighted by Gasteiger charge is 2.55. The van der Waals surface area contributed by atoms with Gasteiger partial charge in [-0.1, -0.05) is 11.6 Å². The number of amides is 3. The Morgan fingerprint density at radius 1 is 1.02 bits per heavy atom. The van der Waals surface area contributed by atoms with Crippen LogP contribution in [0.2, 0.25) is 5.02 Å². The van der Waals surface area contributed by atoms with Gasteiger partial charge in [-0.15, -0.1) is 0 Å². The minimum Gasteiger partial charge on any atom is -0.444 e. The van der Waals surface area contributed by atoms with Crippen molar-refractivity contribution < 1.29 is 45.8 Å². The molecule has 0 aromatic heterocycles. The zero-order chi connectivity index (χ0) is 32.6. The van der Waals surface area contributed by atoms with Gasteiger partial charge in [-0.2, -0.15) is 0 Å². The Bertz CT molecular complexity index is 1550. The molecule has 2 aromatic carbocycles. The van der Waals surface area contributed by atoms with Gasteiger partial charge in [-0.25, -0.2) is 26.4 Å². The number of hydrogen-bond donors (Lipinski definition) is 4. The van der Waals surface area contributed by atoms with Gasteiger partial charge in [0.15, 0.2) is 27.3 Å². The molecule has 0 saturated heterocycles. The minimum absolute atomic E-state index is 0.0717. The number of nitrogens with one attached hydrogen (secondary N) is 3. The van der Waals surface area contributed by atoms with E-state index in [1.165, 1.54) is 12.1 Å². The molecule has 0 spiro atoms. The predicted molar refractivity (Wildman–Crippen MR) is 154 cm³/mol. The van der Waals surface area contributed by atoms with Gasteiger partial charge >= 0.3 is 6.09 Å². The van der Waals surface area contributed by atoms with E-state index in [0.717, 1.165) is 6.07 Å². The molecular formula is C29H33ClF3N3O7S. The molecular weight excluding hydrogens is 627 g/mol. The lowest BCUT2D eigenvalue weighted by atomic mass is 9.74. The van der Waals surface area contributed by atoms with Crippen LogP contribution in [0.4, 0.5) is 23.7 Å². The van der Waals surface area contributed by atoms with Crippen molar-refractivity contribution in [3.8, 4) is 0 Å². The number of ether oxygens (including phenoxy) is 1. The molecule has 2 aliphatic rings. The van der Waals surface area contributed by atoms with E-state index in [-0.39, 0.29) is 47.1 Å². The van der Waals surface area contributed by atoms with Gasteiger partial charge in [0.05, 0.1) is 27.3 Å². The first kappa shape index (κ1) is 33.5. The predicted octanol–water partition coefficient (Wildman–Crippen LogP) is 4.34. The highest BCUT2D eigenvalue weighted by molar-refractivity contribution is 7.92. The molecule has 2 bridgehead atoms. The van der Waals surface area contributed by atoms with Crippen molar-refractivity contribution in [3.63, 3.8) is 0 Å². The summed E-state index contributed by atoms with van der Waals surface area (Å²) in [5, 5.41) is 17.6. The number of sulfone groups is 1. The second-order valence-corrected chi connectivity index (χ2v) is 14.7. The van der Waals surface area contributed by atoms with Crippen molar-refractivity contribution in [3.05, 3.63) is 58.4 Å². The smallest absolute Gasteiger partial charge is 0.408 e. The molecule has 44 heavy (non-hydrogen) atoms. The molecule has 4 rings (SSSR count). The Balaban J connectivity index is 1.42. The normalized spacial score (nSPS) is 23.1. The van der Waals surface area contributed by atoms with Crippen LogP contribution < -0.4 is 16.0 Å². The van der Waals surface area contributed by atoms with Crippen LogP contribution in [0, 0.1) is 29.3 Å². The van der Waals surface area contributed by atoms with Crippen LogP contribution in [0.15, 0.2) is 35.2 Å². The van der Waals surface area contributed by atoms with Gasteiger partial charge in [-0.05, 0) is 76.5 Å². The van der Waals surface area contributed by atoms with Crippen LogP contribution in [0.25, 0.3) is 0 Å². The molecule has 2 atom stereocenters. The van der Waals surface area contributed by atoms with E-state index < -0.39 is 73.5 Å². The first-order valence-electron chi connectivity index (χ1n) is 13.9. The first-order valence-corrected chi connectivity index (χ1v) is 15.8. The summed E-state index contributed by atoms with van der Waals surface area (Å²) in [6, 6.07) is 4.68. The number of benzene rings is 2. The molecule has 0 radical (unpaired) electrons. The summed E-state index contributed by atoms with van der Waals surface area (Å²) in [5.74, 6) is -7.10. The summed E-state index contributed by atoms with van der Waals surface area (Å²) < 4.78 is 73.0. The number of carbonyl (C=O) groups is 3. The standard InChI is InChI=1S/C29H33ClF3N3O7S/c1-28(2,3)43-27(39)34-13-24(37)35-14-29(40)16-5-6-17(29)10-19(9-16)44(41,42)23-8-15(4-7-20(23)30)26(38)36-18-11-21(31)25(33)22(32)12-18/h4,7-8,11-12,16-17,19,40H,5-6,9-10,13-14H2,1-3H3,(H,34,39)(H,35,37)(H,36,38). The molecule has 15 heteroatoms. The van der Waals surface area contributed by atoms with Gasteiger partial charge in [0, 0.05) is 29.9 Å². The fourth-order valence-electron chi connectivity index (χ4n) is 5.79. The number of aliphatic hydroxyl groups is 1. The van der Waals surface area contributed by atoms with Crippen molar-refractivity contribution in [2.24, 2.45) is 11.8 Å². The van der Waals surface area contributed by atoms with E-state index in [2.05, 4.69) is 16.0 Å². The summed E-state index contributed by atoms with van der Waals surface area (Å²) >= 11 is 6.25. The van der Waals surface area contributed by atoms with Gasteiger partial charge in [0.2, 0.25) is 5.91 Å². The van der Waals surface area contributed by atoms with Gasteiger partial charge in [0.25, 0.3) is 5.91 Å². The van der Waals surface area contributed by atoms with Crippen LogP contribution in [0.5, 0.6) is 0 Å². The van der Waals surface area contributed by atoms with Crippen molar-refractivity contribution in [2.45, 2.75) is 67.8 Å². The van der Waals surface area contributed by atoms with Gasteiger partial charge < -0.3 is 25.8 Å². The van der Waals surface area contributed by atoms with Gasteiger partial charge in [-0.3, -0.25) is 9.59 Å². The Labute approximate surface area is 257 Å². The molecule has 0 aliphatic heterocycles. The maximum atomic E-state index is 13.8. The SMILES string of the molecule is CC(C)(C)OC(=O)NCC(=O)NCC1(O)C2CCC1CC(S(=O)(=O)c1cc(C(=O)Nc3cc(F)c(F)c(F)c3)ccc1Cl)C2. The molecule has 2 aliphatic carbocycles. The highest BCUT2D eigenvalue weighted by atomic mass is 35.5. The third-order valence-corrected chi connectivity index (χ3v) is 10.6. The van der Waals surface area contributed by atoms with Crippen molar-refractivity contribution in [1.29, 1.82) is 0 Å². The van der Waals surface area contributed by atoms with Crippen LogP contribution in [-0.2, 0) is 19.4 Å². The molecule has 2 fully saturated rings. The van der Waals surface area contributed by atoms with Gasteiger partial charge in [0.1, 0.15) is 5.60 Å². The van der Waals surface area contributed by atoms with E-state index in [1.807, 2.05) is 0 Å². The quantitative estimate of drug-likeness (QED) is 0.308. The number of rotatable bonds is 8. The Morgan fingerprint density at radius 3 is 2.18 bits per heavy atom. The second kappa shape index (κ2) is 12.6. The van der Waals surface area contributed by atoms with E-state index in [4.69, 9.17) is 16.3 Å². The van der Waals surface area contributed by atoms with Crippen LogP contribution in [0.3, 0.4) is 0 Å². The maximum Gasteiger partial charge on any atom is 0.408 e. The number of hydrogen-bond acceptors (Lipinski definition) is 7. The Morgan fingerprint density at radius 2 is 1.61 bits per heavy atom. The van der Waals surface area contributed by atoms with Crippen LogP contribution >= 0.6 is 11.6 Å². The highest BCUT2D eigenvalue weighted by Crippen LogP contribution is 2.52. The summed E-state index contributed by atoms with van der Waals surface area (Å²) in [4.78, 5) is 36.6. The molecule has 2 saturated carbocycles. The lowest BCUT2D eigenvalue weighted by Crippen LogP contribution is -2.55. The third-order valence-electron chi connectivity index (χ3n) is 7.91. The number of alkyl carbamates (subject to hydrolysis) is 1. The monoisotopic (exact) mass is 659 g/mol. The molecule has 2 aromatic rings. The summed E-state index contributed by atoms with van der Waals surface area (Å²) in [7, 11) is -4.12. The fourth-order valence-corrected chi connectivity index (χ4v) is 8.20. The lowest BCUT2D eigenvalue weighted by Gasteiger charge is -2.42.